The van der Waals surface area contributed by atoms with Gasteiger partial charge in [-0.1, -0.05) is 11.8 Å². The summed E-state index contributed by atoms with van der Waals surface area (Å²) in [7, 11) is -3.95. The van der Waals surface area contributed by atoms with Crippen LogP contribution < -0.4 is 16.2 Å². The second-order valence-corrected chi connectivity index (χ2v) is 8.25. The van der Waals surface area contributed by atoms with E-state index < -0.39 is 45.3 Å². The molecule has 0 saturated heterocycles. The maximum atomic E-state index is 13.5. The monoisotopic (exact) mass is 470 g/mol. The van der Waals surface area contributed by atoms with E-state index in [9.17, 15) is 30.8 Å². The van der Waals surface area contributed by atoms with Gasteiger partial charge < -0.3 is 11.1 Å². The van der Waals surface area contributed by atoms with Crippen molar-refractivity contribution in [3.63, 3.8) is 0 Å². The number of hydrogen-bond acceptors (Lipinski definition) is 8. The summed E-state index contributed by atoms with van der Waals surface area (Å²) in [6.45, 7) is 0.0310. The summed E-state index contributed by atoms with van der Waals surface area (Å²) in [6, 6.07) is 1.22. The van der Waals surface area contributed by atoms with Gasteiger partial charge in [0, 0.05) is 18.4 Å². The third kappa shape index (κ3) is 6.67. The Labute approximate surface area is 171 Å². The first kappa shape index (κ1) is 23.6. The molecule has 0 radical (unpaired) electrons. The second-order valence-electron chi connectivity index (χ2n) is 5.55. The number of primary sulfonamides is 1. The minimum absolute atomic E-state index is 0.0310. The zero-order valence-corrected chi connectivity index (χ0v) is 16.4. The number of sulfonamides is 1. The van der Waals surface area contributed by atoms with Crippen LogP contribution in [0.4, 0.5) is 23.2 Å². The van der Waals surface area contributed by atoms with Crippen molar-refractivity contribution >= 4 is 39.2 Å². The van der Waals surface area contributed by atoms with E-state index in [1.807, 2.05) is 0 Å². The summed E-state index contributed by atoms with van der Waals surface area (Å²) in [5.74, 6) is -5.07. The Bertz CT molecular complexity index is 1060. The first-order valence-electron chi connectivity index (χ1n) is 7.82. The van der Waals surface area contributed by atoms with Gasteiger partial charge in [0.1, 0.15) is 5.75 Å². The molecule has 0 aliphatic carbocycles. The molecule has 10 nitrogen and oxygen atoms in total. The smallest absolute Gasteiger partial charge is 0.266 e. The number of amides is 1. The molecule has 1 heterocycles. The van der Waals surface area contributed by atoms with Gasteiger partial charge in [0.2, 0.25) is 15.9 Å². The van der Waals surface area contributed by atoms with Crippen molar-refractivity contribution in [2.24, 2.45) is 15.9 Å². The number of carbonyl (C=O) groups is 1. The molecule has 2 rings (SSSR count). The van der Waals surface area contributed by atoms with E-state index in [-0.39, 0.29) is 34.5 Å². The summed E-state index contributed by atoms with van der Waals surface area (Å²) in [6.07, 6.45) is -3.26. The van der Waals surface area contributed by atoms with Crippen LogP contribution in [0, 0.1) is 11.6 Å². The predicted molar refractivity (Wildman–Crippen MR) is 97.7 cm³/mol. The van der Waals surface area contributed by atoms with Crippen LogP contribution in [0.15, 0.2) is 26.8 Å². The van der Waals surface area contributed by atoms with Gasteiger partial charge in [-0.25, -0.2) is 40.7 Å². The molecule has 0 aliphatic heterocycles. The van der Waals surface area contributed by atoms with E-state index in [2.05, 4.69) is 25.3 Å². The van der Waals surface area contributed by atoms with Crippen molar-refractivity contribution in [1.82, 2.24) is 15.6 Å². The molecular formula is C14H14F4N6O4S2. The number of carbonyl (C=O) groups excluding carboxylic acids is 1. The number of nitrogens with two attached hydrogens (primary N) is 2. The minimum atomic E-state index is -3.95. The van der Waals surface area contributed by atoms with Crippen molar-refractivity contribution in [2.75, 3.05) is 18.1 Å². The number of halogens is 4. The Balaban J connectivity index is 2.06. The highest BCUT2D eigenvalue weighted by Gasteiger charge is 2.20. The number of benzene rings is 1. The van der Waals surface area contributed by atoms with E-state index in [1.54, 1.807) is 0 Å². The van der Waals surface area contributed by atoms with E-state index in [1.165, 1.54) is 0 Å². The van der Waals surface area contributed by atoms with E-state index in [4.69, 9.17) is 10.9 Å². The second kappa shape index (κ2) is 9.86. The molecule has 0 fully saturated rings. The molecule has 5 N–H and O–H groups in total. The molecule has 30 heavy (non-hydrogen) atoms. The highest BCUT2D eigenvalue weighted by atomic mass is 32.2. The Morgan fingerprint density at radius 3 is 2.63 bits per heavy atom. The number of amidine groups is 1. The number of thioether (sulfide) groups is 1. The fraction of sp³-hybridized carbons (Fsp3) is 0.286. The highest BCUT2D eigenvalue weighted by molar-refractivity contribution is 7.99. The molecule has 1 aromatic carbocycles. The number of rotatable bonds is 9. The van der Waals surface area contributed by atoms with Crippen LogP contribution in [0.5, 0.6) is 0 Å². The van der Waals surface area contributed by atoms with Gasteiger partial charge in [0.25, 0.3) is 6.43 Å². The molecule has 1 amide bonds. The third-order valence-corrected chi connectivity index (χ3v) is 4.84. The fourth-order valence-electron chi connectivity index (χ4n) is 2.01. The molecule has 16 heteroatoms. The van der Waals surface area contributed by atoms with Crippen molar-refractivity contribution < 1.29 is 35.4 Å². The molecule has 0 saturated carbocycles. The number of aromatic nitrogens is 2. The average Bonchev–Trinajstić information content (AvgIpc) is 3.08. The van der Waals surface area contributed by atoms with Gasteiger partial charge in [-0.05, 0) is 16.4 Å². The fourth-order valence-corrected chi connectivity index (χ4v) is 3.24. The zero-order chi connectivity index (χ0) is 22.5. The van der Waals surface area contributed by atoms with Crippen molar-refractivity contribution in [3.05, 3.63) is 35.0 Å². The standard InChI is InChI=1S/C14H14F4N6O4S2/c15-8-4-6(3-7(10(8)16)12(17)18)22-13(19)11-14(24-28-23-11)29-2-1-21-9(25)5-30(20,26)27/h3-4,12H,1-2,5H2,(H2,19,22)(H,21,25)(H2,20,26,27). The summed E-state index contributed by atoms with van der Waals surface area (Å²) in [5, 5.41) is 14.2. The molecule has 0 atom stereocenters. The quantitative estimate of drug-likeness (QED) is 0.159. The van der Waals surface area contributed by atoms with Crippen LogP contribution in [-0.4, -0.2) is 48.5 Å². The molecule has 164 valence electrons. The topological polar surface area (TPSA) is 167 Å². The van der Waals surface area contributed by atoms with E-state index in [0.717, 1.165) is 11.8 Å². The van der Waals surface area contributed by atoms with Crippen LogP contribution in [-0.2, 0) is 14.8 Å². The minimum Gasteiger partial charge on any atom is -0.382 e. The van der Waals surface area contributed by atoms with Gasteiger partial charge in [-0.3, -0.25) is 4.79 Å². The Hall–Kier alpha value is -2.72. The van der Waals surface area contributed by atoms with E-state index >= 15 is 0 Å². The van der Waals surface area contributed by atoms with Crippen LogP contribution in [0.3, 0.4) is 0 Å². The lowest BCUT2D eigenvalue weighted by Gasteiger charge is -2.05. The van der Waals surface area contributed by atoms with Crippen molar-refractivity contribution in [2.45, 2.75) is 11.5 Å². The molecule has 2 aromatic rings. The van der Waals surface area contributed by atoms with E-state index in [0.29, 0.717) is 12.1 Å². The maximum absolute atomic E-state index is 13.5. The Morgan fingerprint density at radius 2 is 2.00 bits per heavy atom. The highest BCUT2D eigenvalue weighted by Crippen LogP contribution is 2.29. The number of aliphatic imine (C=N–C) groups is 1. The summed E-state index contributed by atoms with van der Waals surface area (Å²) < 4.78 is 78.6. The molecule has 1 aromatic heterocycles. The van der Waals surface area contributed by atoms with Gasteiger partial charge in [0.15, 0.2) is 28.2 Å². The zero-order valence-electron chi connectivity index (χ0n) is 14.8. The predicted octanol–water partition coefficient (Wildman–Crippen LogP) is 0.819. The first-order valence-corrected chi connectivity index (χ1v) is 10.5. The van der Waals surface area contributed by atoms with Gasteiger partial charge in [0.05, 0.1) is 11.3 Å². The lowest BCUT2D eigenvalue weighted by molar-refractivity contribution is -0.118. The average molecular weight is 470 g/mol. The summed E-state index contributed by atoms with van der Waals surface area (Å²) >= 11 is 0.989. The summed E-state index contributed by atoms with van der Waals surface area (Å²) in [4.78, 5) is 15.1. The van der Waals surface area contributed by atoms with Crippen LogP contribution in [0.25, 0.3) is 0 Å². The van der Waals surface area contributed by atoms with Gasteiger partial charge in [-0.15, -0.1) is 0 Å². The number of alkyl halides is 2. The Morgan fingerprint density at radius 1 is 1.30 bits per heavy atom. The maximum Gasteiger partial charge on any atom is 0.266 e. The van der Waals surface area contributed by atoms with Crippen LogP contribution in [0.1, 0.15) is 17.7 Å². The molecule has 0 bridgehead atoms. The lowest BCUT2D eigenvalue weighted by atomic mass is 10.2. The molecular weight excluding hydrogens is 456 g/mol. The SMILES string of the molecule is NC(=Nc1cc(F)c(F)c(C(F)F)c1)c1nonc1SCCNC(=O)CS(N)(=O)=O. The molecule has 0 aliphatic rings. The van der Waals surface area contributed by atoms with Gasteiger partial charge in [-0.2, -0.15) is 0 Å². The van der Waals surface area contributed by atoms with Gasteiger partial charge >= 0.3 is 0 Å². The van der Waals surface area contributed by atoms with Crippen LogP contribution in [0.2, 0.25) is 0 Å². The molecule has 0 unspecified atom stereocenters. The van der Waals surface area contributed by atoms with Crippen molar-refractivity contribution in [1.29, 1.82) is 0 Å². The normalized spacial score (nSPS) is 12.4. The third-order valence-electron chi connectivity index (χ3n) is 3.22. The lowest BCUT2D eigenvalue weighted by Crippen LogP contribution is -2.34. The first-order chi connectivity index (χ1) is 14.0. The number of nitrogens with one attached hydrogen (secondary N) is 1. The number of hydrogen-bond donors (Lipinski definition) is 3. The largest absolute Gasteiger partial charge is 0.382 e. The Kier molecular flexibility index (Phi) is 7.74. The van der Waals surface area contributed by atoms with Crippen LogP contribution >= 0.6 is 11.8 Å². The molecule has 0 spiro atoms. The van der Waals surface area contributed by atoms with Crippen molar-refractivity contribution in [3.8, 4) is 0 Å². The number of nitrogens with zero attached hydrogens (tertiary/aromatic N) is 3. The summed E-state index contributed by atoms with van der Waals surface area (Å²) in [5.41, 5.74) is 4.08.